The predicted octanol–water partition coefficient (Wildman–Crippen LogP) is 2.91. The number of hydrogen-bond donors (Lipinski definition) is 1. The molecule has 0 radical (unpaired) electrons. The van der Waals surface area contributed by atoms with Gasteiger partial charge in [0.25, 0.3) is 0 Å². The van der Waals surface area contributed by atoms with Crippen LogP contribution in [0.15, 0.2) is 18.3 Å². The van der Waals surface area contributed by atoms with Crippen LogP contribution in [0.4, 0.5) is 5.69 Å². The maximum atomic E-state index is 9.47. The lowest BCUT2D eigenvalue weighted by molar-refractivity contribution is 0.194. The minimum atomic E-state index is -0.473. The van der Waals surface area contributed by atoms with Crippen molar-refractivity contribution in [2.24, 2.45) is 5.41 Å². The molecule has 1 aromatic rings. The highest BCUT2D eigenvalue weighted by atomic mass is 16.3. The Morgan fingerprint density at radius 3 is 2.67 bits per heavy atom. The Labute approximate surface area is 109 Å². The van der Waals surface area contributed by atoms with Crippen LogP contribution in [0.5, 0.6) is 0 Å². The largest absolute Gasteiger partial charge is 0.387 e. The van der Waals surface area contributed by atoms with E-state index in [1.807, 2.05) is 12.3 Å². The van der Waals surface area contributed by atoms with Crippen molar-refractivity contribution in [1.29, 1.82) is 0 Å². The second-order valence-corrected chi connectivity index (χ2v) is 6.00. The van der Waals surface area contributed by atoms with Gasteiger partial charge in [-0.1, -0.05) is 12.8 Å². The highest BCUT2D eigenvalue weighted by Crippen LogP contribution is 2.46. The van der Waals surface area contributed by atoms with Crippen LogP contribution in [-0.4, -0.2) is 23.2 Å². The normalized spacial score (nSPS) is 23.8. The Morgan fingerprint density at radius 2 is 2.06 bits per heavy atom. The van der Waals surface area contributed by atoms with E-state index in [1.54, 1.807) is 6.92 Å². The molecule has 3 nitrogen and oxygen atoms in total. The molecule has 18 heavy (non-hydrogen) atoms. The second kappa shape index (κ2) is 4.54. The zero-order valence-electron chi connectivity index (χ0n) is 11.1. The number of rotatable bonds is 2. The molecule has 2 fully saturated rings. The molecule has 1 spiro atoms. The molecule has 1 aliphatic heterocycles. The van der Waals surface area contributed by atoms with E-state index in [1.165, 1.54) is 44.3 Å². The first-order valence-electron chi connectivity index (χ1n) is 7.08. The molecule has 1 aromatic heterocycles. The van der Waals surface area contributed by atoms with Crippen LogP contribution in [0.1, 0.15) is 50.8 Å². The highest BCUT2D eigenvalue weighted by Gasteiger charge is 2.40. The van der Waals surface area contributed by atoms with Gasteiger partial charge < -0.3 is 10.0 Å². The fourth-order valence-electron chi connectivity index (χ4n) is 3.52. The standard InChI is InChI=1S/C15H22N2O/c1-12(18)14-5-4-13(10-16-14)17-9-8-15(11-17)6-2-3-7-15/h4-5,10,12,18H,2-3,6-9,11H2,1H3/t12-/m0/s1. The summed E-state index contributed by atoms with van der Waals surface area (Å²) in [4.78, 5) is 6.81. The number of pyridine rings is 1. The van der Waals surface area contributed by atoms with Gasteiger partial charge >= 0.3 is 0 Å². The predicted molar refractivity (Wildman–Crippen MR) is 72.6 cm³/mol. The van der Waals surface area contributed by atoms with Gasteiger partial charge in [-0.25, -0.2) is 0 Å². The van der Waals surface area contributed by atoms with Crippen molar-refractivity contribution < 1.29 is 5.11 Å². The third-order valence-electron chi connectivity index (χ3n) is 4.67. The van der Waals surface area contributed by atoms with Crippen LogP contribution in [0.2, 0.25) is 0 Å². The summed E-state index contributed by atoms with van der Waals surface area (Å²) in [6, 6.07) is 4.04. The van der Waals surface area contributed by atoms with Crippen molar-refractivity contribution >= 4 is 5.69 Å². The first kappa shape index (κ1) is 12.0. The van der Waals surface area contributed by atoms with Crippen LogP contribution in [0.25, 0.3) is 0 Å². The van der Waals surface area contributed by atoms with Crippen LogP contribution < -0.4 is 4.90 Å². The van der Waals surface area contributed by atoms with E-state index in [0.717, 1.165) is 12.2 Å². The fourth-order valence-corrected chi connectivity index (χ4v) is 3.52. The molecule has 3 rings (SSSR count). The summed E-state index contributed by atoms with van der Waals surface area (Å²) < 4.78 is 0. The molecule has 0 unspecified atom stereocenters. The van der Waals surface area contributed by atoms with Crippen molar-refractivity contribution in [3.8, 4) is 0 Å². The first-order chi connectivity index (χ1) is 8.69. The molecule has 0 amide bonds. The molecule has 1 aliphatic carbocycles. The van der Waals surface area contributed by atoms with E-state index in [9.17, 15) is 5.11 Å². The monoisotopic (exact) mass is 246 g/mol. The maximum Gasteiger partial charge on any atom is 0.0931 e. The van der Waals surface area contributed by atoms with Gasteiger partial charge in [-0.3, -0.25) is 4.98 Å². The molecule has 1 N–H and O–H groups in total. The number of aromatic nitrogens is 1. The summed E-state index contributed by atoms with van der Waals surface area (Å²) >= 11 is 0. The Bertz CT molecular complexity index is 407. The fraction of sp³-hybridized carbons (Fsp3) is 0.667. The van der Waals surface area contributed by atoms with E-state index in [4.69, 9.17) is 0 Å². The first-order valence-corrected chi connectivity index (χ1v) is 7.08. The molecule has 1 saturated heterocycles. The zero-order chi connectivity index (χ0) is 12.6. The van der Waals surface area contributed by atoms with Crippen LogP contribution in [0.3, 0.4) is 0 Å². The van der Waals surface area contributed by atoms with E-state index in [0.29, 0.717) is 5.41 Å². The van der Waals surface area contributed by atoms with Crippen molar-refractivity contribution in [3.63, 3.8) is 0 Å². The van der Waals surface area contributed by atoms with Gasteiger partial charge in [0.1, 0.15) is 0 Å². The second-order valence-electron chi connectivity index (χ2n) is 6.00. The molecular weight excluding hydrogens is 224 g/mol. The number of aliphatic hydroxyl groups is 1. The van der Waals surface area contributed by atoms with Crippen molar-refractivity contribution in [2.75, 3.05) is 18.0 Å². The lowest BCUT2D eigenvalue weighted by Crippen LogP contribution is -2.24. The molecule has 1 atom stereocenters. The molecule has 0 aromatic carbocycles. The van der Waals surface area contributed by atoms with Crippen LogP contribution in [-0.2, 0) is 0 Å². The Kier molecular flexibility index (Phi) is 3.02. The minimum Gasteiger partial charge on any atom is -0.387 e. The van der Waals surface area contributed by atoms with Crippen molar-refractivity contribution in [1.82, 2.24) is 4.98 Å². The zero-order valence-corrected chi connectivity index (χ0v) is 11.1. The molecule has 2 heterocycles. The summed E-state index contributed by atoms with van der Waals surface area (Å²) in [5.74, 6) is 0. The van der Waals surface area contributed by atoms with Crippen LogP contribution in [0, 0.1) is 5.41 Å². The number of nitrogens with zero attached hydrogens (tertiary/aromatic N) is 2. The van der Waals surface area contributed by atoms with E-state index in [-0.39, 0.29) is 0 Å². The van der Waals surface area contributed by atoms with Gasteiger partial charge in [-0.15, -0.1) is 0 Å². The third kappa shape index (κ3) is 2.12. The summed E-state index contributed by atoms with van der Waals surface area (Å²) in [5, 5.41) is 9.47. The van der Waals surface area contributed by atoms with E-state index >= 15 is 0 Å². The summed E-state index contributed by atoms with van der Waals surface area (Å²) in [7, 11) is 0. The van der Waals surface area contributed by atoms with E-state index < -0.39 is 6.10 Å². The third-order valence-corrected chi connectivity index (χ3v) is 4.67. The Hall–Kier alpha value is -1.09. The van der Waals surface area contributed by atoms with Gasteiger partial charge in [-0.2, -0.15) is 0 Å². The van der Waals surface area contributed by atoms with Gasteiger partial charge in [0.15, 0.2) is 0 Å². The molecule has 1 saturated carbocycles. The van der Waals surface area contributed by atoms with E-state index in [2.05, 4.69) is 16.0 Å². The van der Waals surface area contributed by atoms with Crippen LogP contribution >= 0.6 is 0 Å². The summed E-state index contributed by atoms with van der Waals surface area (Å²) in [5.41, 5.74) is 2.57. The Balaban J connectivity index is 1.72. The lowest BCUT2D eigenvalue weighted by atomic mass is 9.86. The highest BCUT2D eigenvalue weighted by molar-refractivity contribution is 5.46. The van der Waals surface area contributed by atoms with Gasteiger partial charge in [0.2, 0.25) is 0 Å². The van der Waals surface area contributed by atoms with Gasteiger partial charge in [-0.05, 0) is 43.7 Å². The average Bonchev–Trinajstić information content (AvgIpc) is 3.01. The summed E-state index contributed by atoms with van der Waals surface area (Å²) in [6.45, 7) is 4.11. The molecule has 2 aliphatic rings. The SMILES string of the molecule is C[C@H](O)c1ccc(N2CCC3(CCCC3)C2)cn1. The van der Waals surface area contributed by atoms with Crippen molar-refractivity contribution in [3.05, 3.63) is 24.0 Å². The Morgan fingerprint density at radius 1 is 1.28 bits per heavy atom. The van der Waals surface area contributed by atoms with Crippen molar-refractivity contribution in [2.45, 2.75) is 45.1 Å². The molecular formula is C15H22N2O. The molecule has 98 valence electrons. The topological polar surface area (TPSA) is 36.4 Å². The quantitative estimate of drug-likeness (QED) is 0.871. The average molecular weight is 246 g/mol. The minimum absolute atomic E-state index is 0.473. The molecule has 0 bridgehead atoms. The number of hydrogen-bond acceptors (Lipinski definition) is 3. The van der Waals surface area contributed by atoms with Gasteiger partial charge in [0, 0.05) is 13.1 Å². The smallest absolute Gasteiger partial charge is 0.0931 e. The maximum absolute atomic E-state index is 9.47. The molecule has 3 heteroatoms. The lowest BCUT2D eigenvalue weighted by Gasteiger charge is -2.24. The van der Waals surface area contributed by atoms with Gasteiger partial charge in [0.05, 0.1) is 23.7 Å². The summed E-state index contributed by atoms with van der Waals surface area (Å²) in [6.07, 6.45) is 8.41. The number of anilines is 1. The number of aliphatic hydroxyl groups excluding tert-OH is 1.